The zero-order chi connectivity index (χ0) is 27.4. The van der Waals surface area contributed by atoms with Gasteiger partial charge in [-0.1, -0.05) is 41.6 Å². The number of esters is 1. The molecule has 3 N–H and O–H groups in total. The fourth-order valence-electron chi connectivity index (χ4n) is 4.93. The summed E-state index contributed by atoms with van der Waals surface area (Å²) in [6, 6.07) is 19.6. The summed E-state index contributed by atoms with van der Waals surface area (Å²) in [6.45, 7) is 2.36. The summed E-state index contributed by atoms with van der Waals surface area (Å²) in [4.78, 5) is 12.1. The van der Waals surface area contributed by atoms with Crippen LogP contribution in [0.5, 0.6) is 11.5 Å². The van der Waals surface area contributed by atoms with E-state index >= 15 is 0 Å². The fourth-order valence-corrected chi connectivity index (χ4v) is 4.93. The molecule has 1 aromatic heterocycles. The van der Waals surface area contributed by atoms with E-state index in [0.717, 1.165) is 46.1 Å². The Balaban J connectivity index is 1.52. The van der Waals surface area contributed by atoms with Gasteiger partial charge in [0.15, 0.2) is 5.84 Å². The lowest BCUT2D eigenvalue weighted by atomic mass is 9.93. The van der Waals surface area contributed by atoms with Crippen LogP contribution >= 0.6 is 0 Å². The Morgan fingerprint density at radius 2 is 1.97 bits per heavy atom. The van der Waals surface area contributed by atoms with E-state index in [9.17, 15) is 10.0 Å². The standard InChI is InChI=1S/C30H32N4O5/c1-3-38-28(35)17-20-8-4-5-13-27(20)39-18-25-24-16-19(14-15-26(24)34(32-25)21-9-6-10-21)22-11-7-12-23(29(22)37-2)30(31)33-36/h4-5,7-8,11-16,21,36H,3,6,9-10,17-18H2,1-2H3,(H2,31,33). The second kappa shape index (κ2) is 11.5. The molecule has 1 aliphatic carbocycles. The number of carbonyl (C=O) groups excluding carboxylic acids is 1. The lowest BCUT2D eigenvalue weighted by Crippen LogP contribution is -2.18. The lowest BCUT2D eigenvalue weighted by molar-refractivity contribution is -0.142. The number of hydrogen-bond donors (Lipinski definition) is 2. The number of nitrogens with two attached hydrogens (primary N) is 1. The molecule has 202 valence electrons. The molecular formula is C30H32N4O5. The third-order valence-corrected chi connectivity index (χ3v) is 7.09. The van der Waals surface area contributed by atoms with E-state index in [1.54, 1.807) is 20.1 Å². The SMILES string of the molecule is CCOC(=O)Cc1ccccc1OCc1nn(C2CCC2)c2ccc(-c3cccc(/C(N)=N/O)c3OC)cc12. The van der Waals surface area contributed by atoms with Gasteiger partial charge in [-0.3, -0.25) is 9.48 Å². The van der Waals surface area contributed by atoms with Gasteiger partial charge in [0, 0.05) is 16.5 Å². The van der Waals surface area contributed by atoms with Crippen molar-refractivity contribution < 1.29 is 24.2 Å². The van der Waals surface area contributed by atoms with Crippen molar-refractivity contribution in [1.82, 2.24) is 9.78 Å². The van der Waals surface area contributed by atoms with Crippen LogP contribution in [0.3, 0.4) is 0 Å². The van der Waals surface area contributed by atoms with Crippen LogP contribution in [0.25, 0.3) is 22.0 Å². The van der Waals surface area contributed by atoms with Gasteiger partial charge in [-0.2, -0.15) is 5.10 Å². The fraction of sp³-hybridized carbons (Fsp3) is 0.300. The largest absolute Gasteiger partial charge is 0.495 e. The number of fused-ring (bicyclic) bond motifs is 1. The molecular weight excluding hydrogens is 496 g/mol. The van der Waals surface area contributed by atoms with Gasteiger partial charge >= 0.3 is 5.97 Å². The van der Waals surface area contributed by atoms with Gasteiger partial charge in [0.2, 0.25) is 0 Å². The van der Waals surface area contributed by atoms with Crippen molar-refractivity contribution in [2.75, 3.05) is 13.7 Å². The average Bonchev–Trinajstić information content (AvgIpc) is 3.27. The first kappa shape index (κ1) is 26.1. The molecule has 0 radical (unpaired) electrons. The number of carbonyl (C=O) groups is 1. The van der Waals surface area contributed by atoms with Crippen molar-refractivity contribution >= 4 is 22.7 Å². The molecule has 1 aliphatic rings. The summed E-state index contributed by atoms with van der Waals surface area (Å²) < 4.78 is 19.2. The summed E-state index contributed by atoms with van der Waals surface area (Å²) in [5, 5.41) is 18.3. The summed E-state index contributed by atoms with van der Waals surface area (Å²) in [5.74, 6) is 0.828. The molecule has 0 aliphatic heterocycles. The van der Waals surface area contributed by atoms with Gasteiger partial charge in [0.05, 0.1) is 37.3 Å². The minimum atomic E-state index is -0.291. The van der Waals surface area contributed by atoms with Crippen LogP contribution in [0.2, 0.25) is 0 Å². The third kappa shape index (κ3) is 5.25. The average molecular weight is 529 g/mol. The molecule has 5 rings (SSSR count). The van der Waals surface area contributed by atoms with Crippen LogP contribution in [-0.4, -0.2) is 40.5 Å². The number of aromatic nitrogens is 2. The van der Waals surface area contributed by atoms with Crippen LogP contribution in [0.4, 0.5) is 0 Å². The Morgan fingerprint density at radius 1 is 1.15 bits per heavy atom. The monoisotopic (exact) mass is 528 g/mol. The molecule has 1 saturated carbocycles. The number of benzene rings is 3. The predicted octanol–water partition coefficient (Wildman–Crippen LogP) is 5.22. The van der Waals surface area contributed by atoms with E-state index in [2.05, 4.69) is 22.0 Å². The Kier molecular flexibility index (Phi) is 7.67. The predicted molar refractivity (Wildman–Crippen MR) is 148 cm³/mol. The van der Waals surface area contributed by atoms with E-state index in [0.29, 0.717) is 29.7 Å². The lowest BCUT2D eigenvalue weighted by Gasteiger charge is -2.26. The normalized spacial score (nSPS) is 13.7. The second-order valence-electron chi connectivity index (χ2n) is 9.46. The highest BCUT2D eigenvalue weighted by Crippen LogP contribution is 2.38. The van der Waals surface area contributed by atoms with Gasteiger partial charge in [-0.05, 0) is 56.0 Å². The molecule has 0 amide bonds. The zero-order valence-corrected chi connectivity index (χ0v) is 22.1. The third-order valence-electron chi connectivity index (χ3n) is 7.09. The Morgan fingerprint density at radius 3 is 2.69 bits per heavy atom. The Hall–Kier alpha value is -4.53. The van der Waals surface area contributed by atoms with Crippen molar-refractivity contribution in [1.29, 1.82) is 0 Å². The molecule has 0 spiro atoms. The number of methoxy groups -OCH3 is 1. The summed E-state index contributed by atoms with van der Waals surface area (Å²) >= 11 is 0. The van der Waals surface area contributed by atoms with Gasteiger partial charge in [-0.15, -0.1) is 0 Å². The number of ether oxygens (including phenoxy) is 3. The Bertz CT molecular complexity index is 1520. The molecule has 9 nitrogen and oxygen atoms in total. The number of rotatable bonds is 10. The maximum absolute atomic E-state index is 12.1. The quantitative estimate of drug-likeness (QED) is 0.0952. The van der Waals surface area contributed by atoms with Gasteiger partial charge < -0.3 is 25.2 Å². The summed E-state index contributed by atoms with van der Waals surface area (Å²) in [5.41, 5.74) is 10.7. The molecule has 1 fully saturated rings. The zero-order valence-electron chi connectivity index (χ0n) is 22.1. The molecule has 3 aromatic carbocycles. The summed E-state index contributed by atoms with van der Waals surface area (Å²) in [6.07, 6.45) is 3.52. The van der Waals surface area contributed by atoms with Crippen molar-refractivity contribution in [3.05, 3.63) is 77.5 Å². The first-order chi connectivity index (χ1) is 19.0. The molecule has 39 heavy (non-hydrogen) atoms. The van der Waals surface area contributed by atoms with Crippen LogP contribution in [0.15, 0.2) is 65.8 Å². The second-order valence-corrected chi connectivity index (χ2v) is 9.46. The van der Waals surface area contributed by atoms with Crippen LogP contribution in [0, 0.1) is 0 Å². The van der Waals surface area contributed by atoms with Crippen LogP contribution < -0.4 is 15.2 Å². The van der Waals surface area contributed by atoms with Crippen molar-refractivity contribution in [2.45, 2.75) is 45.3 Å². The van der Waals surface area contributed by atoms with Gasteiger partial charge in [0.1, 0.15) is 23.8 Å². The number of para-hydroxylation sites is 2. The van der Waals surface area contributed by atoms with Crippen LogP contribution in [0.1, 0.15) is 49.0 Å². The van der Waals surface area contributed by atoms with Crippen molar-refractivity contribution in [3.63, 3.8) is 0 Å². The minimum absolute atomic E-state index is 0.0249. The Labute approximate surface area is 226 Å². The molecule has 1 heterocycles. The molecule has 0 atom stereocenters. The number of oxime groups is 1. The number of hydrogen-bond acceptors (Lipinski definition) is 7. The maximum atomic E-state index is 12.1. The maximum Gasteiger partial charge on any atom is 0.310 e. The molecule has 9 heteroatoms. The number of amidine groups is 1. The van der Waals surface area contributed by atoms with Gasteiger partial charge in [0.25, 0.3) is 0 Å². The summed E-state index contributed by atoms with van der Waals surface area (Å²) in [7, 11) is 1.56. The molecule has 4 aromatic rings. The topological polar surface area (TPSA) is 121 Å². The molecule has 0 bridgehead atoms. The minimum Gasteiger partial charge on any atom is -0.495 e. The highest BCUT2D eigenvalue weighted by Gasteiger charge is 2.25. The van der Waals surface area contributed by atoms with E-state index in [-0.39, 0.29) is 24.8 Å². The molecule has 0 saturated heterocycles. The van der Waals surface area contributed by atoms with E-state index in [4.69, 9.17) is 25.0 Å². The first-order valence-electron chi connectivity index (χ1n) is 13.1. The highest BCUT2D eigenvalue weighted by atomic mass is 16.5. The highest BCUT2D eigenvalue weighted by molar-refractivity contribution is 6.02. The van der Waals surface area contributed by atoms with Crippen molar-refractivity contribution in [2.24, 2.45) is 10.9 Å². The van der Waals surface area contributed by atoms with E-state index < -0.39 is 0 Å². The molecule has 0 unspecified atom stereocenters. The van der Waals surface area contributed by atoms with E-state index in [1.165, 1.54) is 6.42 Å². The van der Waals surface area contributed by atoms with Crippen LogP contribution in [-0.2, 0) is 22.6 Å². The van der Waals surface area contributed by atoms with E-state index in [1.807, 2.05) is 42.5 Å². The first-order valence-corrected chi connectivity index (χ1v) is 13.1. The number of nitrogens with zero attached hydrogens (tertiary/aromatic N) is 3. The van der Waals surface area contributed by atoms with Gasteiger partial charge in [-0.25, -0.2) is 0 Å². The van der Waals surface area contributed by atoms with Crippen molar-refractivity contribution in [3.8, 4) is 22.6 Å². The smallest absolute Gasteiger partial charge is 0.310 e.